The standard InChI is InChI=1S/C17H15F3N4O3/c1-10(25)21-6-13-8-24(17(26)27-13)12-2-3-15(14(18)5-12)23-7-11(22-9-23)4-16(19)20/h2-5,7,9,13H,6,8H2,1H3,(H,21,25)/t13-/m0/s1. The molecule has 1 aliphatic rings. The van der Waals surface area contributed by atoms with Crippen LogP contribution >= 0.6 is 0 Å². The number of halogens is 3. The van der Waals surface area contributed by atoms with Gasteiger partial charge in [0.1, 0.15) is 11.9 Å². The first kappa shape index (κ1) is 18.5. The van der Waals surface area contributed by atoms with Crippen LogP contribution in [0, 0.1) is 5.82 Å². The summed E-state index contributed by atoms with van der Waals surface area (Å²) in [7, 11) is 0. The summed E-state index contributed by atoms with van der Waals surface area (Å²) in [6, 6.07) is 4.05. The van der Waals surface area contributed by atoms with Crippen molar-refractivity contribution < 1.29 is 27.5 Å². The molecule has 1 saturated heterocycles. The van der Waals surface area contributed by atoms with Crippen LogP contribution in [0.5, 0.6) is 0 Å². The van der Waals surface area contributed by atoms with E-state index in [9.17, 15) is 22.8 Å². The number of benzene rings is 1. The Labute approximate surface area is 152 Å². The van der Waals surface area contributed by atoms with Crippen molar-refractivity contribution in [3.05, 3.63) is 48.3 Å². The third kappa shape index (κ3) is 4.27. The van der Waals surface area contributed by atoms with E-state index in [0.29, 0.717) is 6.08 Å². The molecule has 1 fully saturated rings. The van der Waals surface area contributed by atoms with Crippen LogP contribution in [0.4, 0.5) is 23.7 Å². The lowest BCUT2D eigenvalue weighted by Crippen LogP contribution is -2.33. The number of anilines is 1. The predicted molar refractivity (Wildman–Crippen MR) is 90.0 cm³/mol. The van der Waals surface area contributed by atoms with Gasteiger partial charge in [0.15, 0.2) is 0 Å². The van der Waals surface area contributed by atoms with Crippen LogP contribution in [0.15, 0.2) is 36.8 Å². The molecule has 1 aliphatic heterocycles. The highest BCUT2D eigenvalue weighted by Gasteiger charge is 2.32. The van der Waals surface area contributed by atoms with Gasteiger partial charge in [-0.05, 0) is 18.2 Å². The summed E-state index contributed by atoms with van der Waals surface area (Å²) < 4.78 is 45.4. The van der Waals surface area contributed by atoms with Crippen LogP contribution in [0.3, 0.4) is 0 Å². The lowest BCUT2D eigenvalue weighted by molar-refractivity contribution is -0.119. The second-order valence-corrected chi connectivity index (χ2v) is 5.83. The number of nitrogens with zero attached hydrogens (tertiary/aromatic N) is 3. The van der Waals surface area contributed by atoms with Gasteiger partial charge in [0.05, 0.1) is 36.5 Å². The molecule has 10 heteroatoms. The summed E-state index contributed by atoms with van der Waals surface area (Å²) >= 11 is 0. The monoisotopic (exact) mass is 380 g/mol. The van der Waals surface area contributed by atoms with Crippen molar-refractivity contribution in [2.24, 2.45) is 0 Å². The summed E-state index contributed by atoms with van der Waals surface area (Å²) in [6.45, 7) is 1.67. The first-order chi connectivity index (χ1) is 12.8. The minimum atomic E-state index is -1.91. The molecule has 2 aromatic rings. The van der Waals surface area contributed by atoms with Crippen LogP contribution in [0.25, 0.3) is 11.8 Å². The fraction of sp³-hybridized carbons (Fsp3) is 0.235. The molecular formula is C17H15F3N4O3. The van der Waals surface area contributed by atoms with E-state index in [0.717, 1.165) is 6.07 Å². The largest absolute Gasteiger partial charge is 0.442 e. The molecule has 3 rings (SSSR count). The quantitative estimate of drug-likeness (QED) is 0.865. The van der Waals surface area contributed by atoms with Gasteiger partial charge in [-0.1, -0.05) is 0 Å². The van der Waals surface area contributed by atoms with Crippen molar-refractivity contribution in [1.82, 2.24) is 14.9 Å². The van der Waals surface area contributed by atoms with Crippen LogP contribution < -0.4 is 10.2 Å². The number of cyclic esters (lactones) is 1. The van der Waals surface area contributed by atoms with Crippen molar-refractivity contribution >= 4 is 23.8 Å². The maximum Gasteiger partial charge on any atom is 0.414 e. The Hall–Kier alpha value is -3.30. The zero-order valence-electron chi connectivity index (χ0n) is 14.2. The summed E-state index contributed by atoms with van der Waals surface area (Å²) in [5.41, 5.74) is 0.358. The Balaban J connectivity index is 1.77. The number of carbonyl (C=O) groups is 2. The zero-order chi connectivity index (χ0) is 19.6. The van der Waals surface area contributed by atoms with Gasteiger partial charge in [-0.15, -0.1) is 0 Å². The Morgan fingerprint density at radius 3 is 2.89 bits per heavy atom. The molecule has 0 bridgehead atoms. The normalized spacial score (nSPS) is 16.2. The highest BCUT2D eigenvalue weighted by molar-refractivity contribution is 5.90. The average molecular weight is 380 g/mol. The Bertz CT molecular complexity index is 909. The number of ether oxygens (including phenoxy) is 1. The summed E-state index contributed by atoms with van der Waals surface area (Å²) in [4.78, 5) is 27.9. The Morgan fingerprint density at radius 1 is 1.44 bits per heavy atom. The lowest BCUT2D eigenvalue weighted by atomic mass is 10.2. The van der Waals surface area contributed by atoms with Crippen molar-refractivity contribution in [3.8, 4) is 5.69 Å². The van der Waals surface area contributed by atoms with Gasteiger partial charge in [-0.25, -0.2) is 14.2 Å². The third-order valence-electron chi connectivity index (χ3n) is 3.83. The molecule has 1 N–H and O–H groups in total. The summed E-state index contributed by atoms with van der Waals surface area (Å²) in [5.74, 6) is -0.915. The van der Waals surface area contributed by atoms with E-state index in [4.69, 9.17) is 4.74 Å². The van der Waals surface area contributed by atoms with Gasteiger partial charge < -0.3 is 14.6 Å². The fourth-order valence-electron chi connectivity index (χ4n) is 2.63. The van der Waals surface area contributed by atoms with E-state index in [-0.39, 0.29) is 36.1 Å². The van der Waals surface area contributed by atoms with Crippen LogP contribution in [-0.4, -0.2) is 40.7 Å². The van der Waals surface area contributed by atoms with Crippen LogP contribution in [-0.2, 0) is 9.53 Å². The van der Waals surface area contributed by atoms with Crippen molar-refractivity contribution in [2.75, 3.05) is 18.0 Å². The number of nitrogens with one attached hydrogen (secondary N) is 1. The molecule has 0 spiro atoms. The Kier molecular flexibility index (Phi) is 5.15. The maximum atomic E-state index is 14.5. The molecule has 7 nitrogen and oxygen atoms in total. The Morgan fingerprint density at radius 2 is 2.22 bits per heavy atom. The van der Waals surface area contributed by atoms with Crippen molar-refractivity contribution in [2.45, 2.75) is 13.0 Å². The first-order valence-electron chi connectivity index (χ1n) is 7.92. The minimum Gasteiger partial charge on any atom is -0.442 e. The number of aromatic nitrogens is 2. The molecule has 1 aromatic carbocycles. The van der Waals surface area contributed by atoms with Gasteiger partial charge in [0, 0.05) is 19.2 Å². The highest BCUT2D eigenvalue weighted by Crippen LogP contribution is 2.25. The first-order valence-corrected chi connectivity index (χ1v) is 7.92. The van der Waals surface area contributed by atoms with E-state index in [2.05, 4.69) is 10.3 Å². The van der Waals surface area contributed by atoms with Gasteiger partial charge in [-0.2, -0.15) is 8.78 Å². The molecule has 1 atom stereocenters. The fourth-order valence-corrected chi connectivity index (χ4v) is 2.63. The number of carbonyl (C=O) groups excluding carboxylic acids is 2. The molecule has 2 amide bonds. The summed E-state index contributed by atoms with van der Waals surface area (Å²) in [6.07, 6.45) is -0.0603. The molecular weight excluding hydrogens is 365 g/mol. The molecule has 0 aliphatic carbocycles. The number of amides is 2. The smallest absolute Gasteiger partial charge is 0.414 e. The van der Waals surface area contributed by atoms with Crippen molar-refractivity contribution in [3.63, 3.8) is 0 Å². The van der Waals surface area contributed by atoms with Gasteiger partial charge in [0.2, 0.25) is 5.91 Å². The van der Waals surface area contributed by atoms with Gasteiger partial charge in [0.25, 0.3) is 6.08 Å². The maximum absolute atomic E-state index is 14.5. The van der Waals surface area contributed by atoms with Crippen LogP contribution in [0.2, 0.25) is 0 Å². The van der Waals surface area contributed by atoms with Gasteiger partial charge >= 0.3 is 6.09 Å². The third-order valence-corrected chi connectivity index (χ3v) is 3.83. The SMILES string of the molecule is CC(=O)NC[C@H]1CN(c2ccc(-n3cnc(C=C(F)F)c3)c(F)c2)C(=O)O1. The number of imidazole rings is 1. The van der Waals surface area contributed by atoms with E-state index in [1.54, 1.807) is 0 Å². The summed E-state index contributed by atoms with van der Waals surface area (Å²) in [5, 5.41) is 2.55. The molecule has 0 unspecified atom stereocenters. The predicted octanol–water partition coefficient (Wildman–Crippen LogP) is 2.71. The van der Waals surface area contributed by atoms with Crippen molar-refractivity contribution in [1.29, 1.82) is 0 Å². The molecule has 0 radical (unpaired) electrons. The lowest BCUT2D eigenvalue weighted by Gasteiger charge is -2.14. The second kappa shape index (κ2) is 7.52. The van der Waals surface area contributed by atoms with E-state index < -0.39 is 24.1 Å². The minimum absolute atomic E-state index is 0.0117. The molecule has 1 aromatic heterocycles. The highest BCUT2D eigenvalue weighted by atomic mass is 19.3. The molecule has 0 saturated carbocycles. The van der Waals surface area contributed by atoms with Crippen LogP contribution in [0.1, 0.15) is 12.6 Å². The number of hydrogen-bond donors (Lipinski definition) is 1. The molecule has 142 valence electrons. The van der Waals surface area contributed by atoms with E-state index >= 15 is 0 Å². The average Bonchev–Trinajstić information content (AvgIpc) is 3.19. The second-order valence-electron chi connectivity index (χ2n) is 5.83. The molecule has 27 heavy (non-hydrogen) atoms. The van der Waals surface area contributed by atoms with Gasteiger partial charge in [-0.3, -0.25) is 9.69 Å². The zero-order valence-corrected chi connectivity index (χ0v) is 14.2. The van der Waals surface area contributed by atoms with E-state index in [1.165, 1.54) is 41.0 Å². The topological polar surface area (TPSA) is 76.5 Å². The van der Waals surface area contributed by atoms with E-state index in [1.807, 2.05) is 0 Å². The number of rotatable bonds is 5. The molecule has 2 heterocycles. The number of hydrogen-bond acceptors (Lipinski definition) is 4.